The van der Waals surface area contributed by atoms with Crippen molar-refractivity contribution in [3.63, 3.8) is 0 Å². The van der Waals surface area contributed by atoms with E-state index in [0.29, 0.717) is 35.5 Å². The number of aromatic nitrogens is 3. The molecule has 8 amide bonds. The fourth-order valence-corrected chi connectivity index (χ4v) is 9.73. The van der Waals surface area contributed by atoms with Crippen LogP contribution in [0.15, 0.2) is 91.5 Å². The number of phenolic OH excluding ortho intramolecular Hbond substituents is 2. The molecule has 470 valence electrons. The Morgan fingerprint density at radius 2 is 1.31 bits per heavy atom. The van der Waals surface area contributed by atoms with Crippen LogP contribution in [0.4, 0.5) is 0 Å². The van der Waals surface area contributed by atoms with Gasteiger partial charge in [0.2, 0.25) is 47.3 Å². The van der Waals surface area contributed by atoms with Crippen LogP contribution in [0, 0.1) is 17.2 Å². The van der Waals surface area contributed by atoms with E-state index in [9.17, 15) is 58.5 Å². The lowest BCUT2D eigenvalue weighted by Gasteiger charge is -2.31. The lowest BCUT2D eigenvalue weighted by atomic mass is 9.98. The number of rotatable bonds is 30. The number of benzene rings is 3. The van der Waals surface area contributed by atoms with Crippen molar-refractivity contribution in [1.82, 2.24) is 57.1 Å². The van der Waals surface area contributed by atoms with Crippen LogP contribution in [0.1, 0.15) is 82.2 Å². The lowest BCUT2D eigenvalue weighted by molar-refractivity contribution is -0.145. The Kier molecular flexibility index (Phi) is 26.0. The molecule has 87 heavy (non-hydrogen) atoms. The van der Waals surface area contributed by atoms with E-state index >= 15 is 0 Å². The van der Waals surface area contributed by atoms with Gasteiger partial charge in [-0.25, -0.2) is 9.78 Å². The van der Waals surface area contributed by atoms with Crippen LogP contribution >= 0.6 is 0 Å². The number of nitrogens with one attached hydrogen (secondary N) is 10. The number of primary amides is 1. The monoisotopic (exact) mass is 1210 g/mol. The minimum atomic E-state index is -1.41. The molecule has 0 unspecified atom stereocenters. The third-order valence-corrected chi connectivity index (χ3v) is 14.4. The van der Waals surface area contributed by atoms with Crippen LogP contribution in [-0.4, -0.2) is 162 Å². The number of aromatic hydroxyl groups is 2. The first kappa shape index (κ1) is 68.2. The van der Waals surface area contributed by atoms with Crippen LogP contribution in [0.2, 0.25) is 0 Å². The normalized spacial score (nSPS) is 15.3. The van der Waals surface area contributed by atoms with Gasteiger partial charge >= 0.3 is 5.97 Å². The number of carboxylic acid groups (broad SMARTS) is 1. The van der Waals surface area contributed by atoms with Crippen molar-refractivity contribution in [2.45, 2.75) is 134 Å². The molecule has 1 saturated heterocycles. The summed E-state index contributed by atoms with van der Waals surface area (Å²) in [5.41, 5.74) is 25.7. The van der Waals surface area contributed by atoms with Gasteiger partial charge in [-0.3, -0.25) is 43.8 Å². The smallest absolute Gasteiger partial charge is 0.326 e. The largest absolute Gasteiger partial charge is 0.508 e. The van der Waals surface area contributed by atoms with E-state index in [-0.39, 0.29) is 63.3 Å². The number of aromatic amines is 2. The maximum Gasteiger partial charge on any atom is 0.326 e. The number of phenols is 2. The molecule has 5 aromatic rings. The van der Waals surface area contributed by atoms with E-state index in [0.717, 1.165) is 22.9 Å². The van der Waals surface area contributed by atoms with Crippen molar-refractivity contribution in [3.05, 3.63) is 114 Å². The molecule has 8 atom stereocenters. The van der Waals surface area contributed by atoms with Crippen molar-refractivity contribution < 1.29 is 58.5 Å². The highest BCUT2D eigenvalue weighted by Crippen LogP contribution is 2.24. The number of aliphatic carboxylic acids is 1. The first-order valence-electron chi connectivity index (χ1n) is 28.6. The van der Waals surface area contributed by atoms with Crippen LogP contribution < -0.4 is 60.2 Å². The number of hydrogen-bond donors (Lipinski definition) is 17. The second kappa shape index (κ2) is 33.2. The lowest BCUT2D eigenvalue weighted by Crippen LogP contribution is -2.62. The van der Waals surface area contributed by atoms with Gasteiger partial charge in [0, 0.05) is 61.3 Å². The average molecular weight is 1210 g/mol. The van der Waals surface area contributed by atoms with Crippen LogP contribution in [0.25, 0.3) is 10.9 Å². The molecule has 28 heteroatoms. The number of likely N-dealkylation sites (tertiary alicyclic amines) is 1. The summed E-state index contributed by atoms with van der Waals surface area (Å²) in [4.78, 5) is 133. The summed E-state index contributed by atoms with van der Waals surface area (Å²) in [6, 6.07) is 9.45. The molecule has 0 saturated carbocycles. The Bertz CT molecular complexity index is 3140. The van der Waals surface area contributed by atoms with Crippen molar-refractivity contribution >= 4 is 70.1 Å². The van der Waals surface area contributed by atoms with Crippen LogP contribution in [-0.2, 0) is 68.8 Å². The third kappa shape index (κ3) is 21.2. The molecule has 1 fully saturated rings. The second-order valence-corrected chi connectivity index (χ2v) is 21.9. The van der Waals surface area contributed by atoms with Crippen molar-refractivity contribution in [2.75, 3.05) is 19.6 Å². The van der Waals surface area contributed by atoms with E-state index in [2.05, 4.69) is 52.2 Å². The molecule has 0 radical (unpaired) electrons. The molecule has 0 aliphatic carbocycles. The van der Waals surface area contributed by atoms with Gasteiger partial charge in [-0.1, -0.05) is 70.2 Å². The Morgan fingerprint density at radius 1 is 0.713 bits per heavy atom. The van der Waals surface area contributed by atoms with E-state index in [4.69, 9.17) is 28.3 Å². The van der Waals surface area contributed by atoms with E-state index in [1.807, 2.05) is 12.3 Å². The van der Waals surface area contributed by atoms with Gasteiger partial charge in [0.05, 0.1) is 18.8 Å². The highest BCUT2D eigenvalue weighted by Gasteiger charge is 2.41. The van der Waals surface area contributed by atoms with Crippen LogP contribution in [0.3, 0.4) is 0 Å². The van der Waals surface area contributed by atoms with Crippen molar-refractivity contribution in [1.29, 1.82) is 5.41 Å². The fourth-order valence-electron chi connectivity index (χ4n) is 9.73. The van der Waals surface area contributed by atoms with Crippen molar-refractivity contribution in [2.24, 2.45) is 34.8 Å². The first-order valence-corrected chi connectivity index (χ1v) is 28.6. The quantitative estimate of drug-likeness (QED) is 0.0153. The summed E-state index contributed by atoms with van der Waals surface area (Å²) >= 11 is 0. The number of carbonyl (C=O) groups is 9. The highest BCUT2D eigenvalue weighted by atomic mass is 16.4. The summed E-state index contributed by atoms with van der Waals surface area (Å²) in [5.74, 6) is -8.89. The van der Waals surface area contributed by atoms with Crippen LogP contribution in [0.5, 0.6) is 11.5 Å². The topological polar surface area (TPSA) is 474 Å². The first-order chi connectivity index (χ1) is 41.3. The third-order valence-electron chi connectivity index (χ3n) is 14.4. The summed E-state index contributed by atoms with van der Waals surface area (Å²) in [6.45, 7) is 7.45. The van der Waals surface area contributed by atoms with E-state index in [1.54, 1.807) is 70.2 Å². The maximum atomic E-state index is 14.5. The van der Waals surface area contributed by atoms with Gasteiger partial charge in [-0.2, -0.15) is 0 Å². The number of H-pyrrole nitrogens is 2. The number of nitrogens with two attached hydrogens (primary N) is 4. The SMILES string of the molecule is CC(C)[C@H](NC(=O)[C@H](CCCNC(=N)N)NC(=O)[C@@H](N)CC(N)=O)C(=O)N[C@@H](Cc1ccc(O)cc1)C(=O)N[C@H](C(=O)N[C@@H](Cc1cnc[nH]1)C(=O)N1CCC[C@H]1C(=O)N[C@@H](Cc1ccccc1)C(=O)O)C(C)C.NCCc1c[nH]c2ccc(O)cc12. The number of hydrogen-bond acceptors (Lipinski definition) is 15. The Balaban J connectivity index is 0.000000927. The molecule has 21 N–H and O–H groups in total. The number of carboxylic acids is 1. The number of nitrogens with zero attached hydrogens (tertiary/aromatic N) is 2. The number of amides is 8. The Hall–Kier alpha value is -9.57. The number of fused-ring (bicyclic) bond motifs is 1. The zero-order valence-corrected chi connectivity index (χ0v) is 49.1. The van der Waals surface area contributed by atoms with Gasteiger partial charge in [-0.05, 0) is 97.5 Å². The fraction of sp³-hybridized carbons (Fsp3) is 0.441. The molecule has 0 spiro atoms. The molecule has 6 rings (SSSR count). The summed E-state index contributed by atoms with van der Waals surface area (Å²) in [6.07, 6.45) is 5.65. The van der Waals surface area contributed by atoms with Crippen molar-refractivity contribution in [3.8, 4) is 11.5 Å². The molecular weight excluding hydrogens is 1120 g/mol. The van der Waals surface area contributed by atoms with Gasteiger partial charge in [0.15, 0.2) is 5.96 Å². The van der Waals surface area contributed by atoms with E-state index < -0.39 is 120 Å². The van der Waals surface area contributed by atoms with Gasteiger partial charge < -0.3 is 90.3 Å². The molecule has 3 aromatic carbocycles. The standard InChI is InChI=1S/C49H70N14O11.C10H12N2O/c1-26(2)39(61-42(67)33(12-8-18-55-49(52)53)57-41(66)32(50)23-38(51)65)45(70)58-34(20-29-14-16-31(64)17-15-29)43(68)62-40(27(3)4)46(71)59-35(22-30-24-54-25-56-30)47(72)63-19-9-13-37(63)44(69)60-36(48(73)74)21-28-10-6-5-7-11-28;11-4-3-7-6-12-10-2-1-8(13)5-9(7)10/h5-7,10-11,14-17,24-27,32-37,39-40,64H,8-9,12-13,18-23,50H2,1-4H3,(H2,51,65)(H,54,56)(H,57,66)(H,58,70)(H,59,71)(H,60,69)(H,61,67)(H,62,68)(H,73,74)(H4,52,53,55);1-2,5-6,12-13H,3-4,11H2/t32-,33-,34-,35-,36-,37-,39-,40-;/m0./s1. The Morgan fingerprint density at radius 3 is 1.90 bits per heavy atom. The molecular formula is C59H82N16O12. The van der Waals surface area contributed by atoms with Gasteiger partial charge in [0.1, 0.15) is 53.8 Å². The molecule has 0 bridgehead atoms. The minimum Gasteiger partial charge on any atom is -0.508 e. The molecule has 1 aliphatic heterocycles. The molecule has 1 aliphatic rings. The summed E-state index contributed by atoms with van der Waals surface area (Å²) in [7, 11) is 0. The predicted octanol–water partition coefficient (Wildman–Crippen LogP) is -0.720. The van der Waals surface area contributed by atoms with E-state index in [1.165, 1.54) is 41.7 Å². The minimum absolute atomic E-state index is 0.000167. The number of guanidine groups is 1. The molecule has 3 heterocycles. The summed E-state index contributed by atoms with van der Waals surface area (Å²) in [5, 5.41) is 56.2. The second-order valence-electron chi connectivity index (χ2n) is 21.9. The maximum absolute atomic E-state index is 14.5. The number of carbonyl (C=O) groups excluding carboxylic acids is 8. The number of imidazole rings is 1. The van der Waals surface area contributed by atoms with Gasteiger partial charge in [-0.15, -0.1) is 0 Å². The Labute approximate surface area is 503 Å². The predicted molar refractivity (Wildman–Crippen MR) is 322 cm³/mol. The average Bonchev–Trinajstić information content (AvgIpc) is 3.83. The van der Waals surface area contributed by atoms with Gasteiger partial charge in [0.25, 0.3) is 0 Å². The molecule has 2 aromatic heterocycles. The zero-order chi connectivity index (χ0) is 63.9. The summed E-state index contributed by atoms with van der Waals surface area (Å²) < 4.78 is 0. The highest BCUT2D eigenvalue weighted by molar-refractivity contribution is 5.98. The zero-order valence-electron chi connectivity index (χ0n) is 49.1. The molecule has 28 nitrogen and oxygen atoms in total.